The van der Waals surface area contributed by atoms with Gasteiger partial charge >= 0.3 is 12.1 Å². The second-order valence-electron chi connectivity index (χ2n) is 11.5. The van der Waals surface area contributed by atoms with Crippen LogP contribution in [-0.2, 0) is 9.53 Å². The van der Waals surface area contributed by atoms with E-state index >= 15 is 4.39 Å². The lowest BCUT2D eigenvalue weighted by molar-refractivity contribution is -0.120. The number of ether oxygens (including phenoxy) is 3. The van der Waals surface area contributed by atoms with E-state index in [4.69, 9.17) is 19.9 Å². The van der Waals surface area contributed by atoms with Gasteiger partial charge in [0.05, 0.1) is 42.5 Å². The number of anilines is 2. The fourth-order valence-electron chi connectivity index (χ4n) is 5.96. The van der Waals surface area contributed by atoms with Crippen molar-refractivity contribution in [3.05, 3.63) is 58.1 Å². The third kappa shape index (κ3) is 5.32. The number of aromatic nitrogens is 1. The number of hydrogen-bond donors (Lipinski definition) is 2. The highest BCUT2D eigenvalue weighted by atomic mass is 19.1. The van der Waals surface area contributed by atoms with Gasteiger partial charge in [0.15, 0.2) is 17.3 Å². The Labute approximate surface area is 251 Å². The van der Waals surface area contributed by atoms with Crippen LogP contribution in [0.5, 0.6) is 11.5 Å². The van der Waals surface area contributed by atoms with Gasteiger partial charge in [-0.15, -0.1) is 0 Å². The molecule has 3 aromatic rings. The molecule has 1 aliphatic carbocycles. The van der Waals surface area contributed by atoms with E-state index in [1.165, 1.54) is 37.3 Å². The molecule has 0 bridgehead atoms. The number of Topliss-reactive ketones (excluding diaryl/α,β-unsaturated/α-hetero) is 1. The molecular weight excluding hydrogens is 575 g/mol. The van der Waals surface area contributed by atoms with Crippen molar-refractivity contribution in [3.63, 3.8) is 0 Å². The Morgan fingerprint density at radius 1 is 1.16 bits per heavy atom. The number of rotatable bonds is 10. The van der Waals surface area contributed by atoms with Crippen molar-refractivity contribution >= 4 is 40.1 Å². The van der Waals surface area contributed by atoms with Crippen molar-refractivity contribution in [3.8, 4) is 11.5 Å². The monoisotopic (exact) mass is 608 g/mol. The van der Waals surface area contributed by atoms with E-state index in [0.717, 1.165) is 24.9 Å². The number of carbonyl (C=O) groups excluding carboxylic acids is 2. The number of nitrogens with two attached hydrogens (primary N) is 1. The minimum Gasteiger partial charge on any atom is -0.492 e. The predicted molar refractivity (Wildman–Crippen MR) is 158 cm³/mol. The van der Waals surface area contributed by atoms with Crippen LogP contribution in [0.2, 0.25) is 0 Å². The fourth-order valence-corrected chi connectivity index (χ4v) is 5.96. The van der Waals surface area contributed by atoms with Crippen LogP contribution in [0.1, 0.15) is 42.6 Å². The lowest BCUT2D eigenvalue weighted by Crippen LogP contribution is -2.43. The van der Waals surface area contributed by atoms with Crippen LogP contribution in [0.4, 0.5) is 20.6 Å². The summed E-state index contributed by atoms with van der Waals surface area (Å²) in [6, 6.07) is 6.79. The number of carboxylic acids is 1. The quantitative estimate of drug-likeness (QED) is 0.350. The van der Waals surface area contributed by atoms with Crippen molar-refractivity contribution in [1.29, 1.82) is 0 Å². The first kappa shape index (κ1) is 29.4. The third-order valence-electron chi connectivity index (χ3n) is 8.53. The summed E-state index contributed by atoms with van der Waals surface area (Å²) < 4.78 is 33.7. The molecule has 3 N–H and O–H groups in total. The Bertz CT molecular complexity index is 1720. The number of hydrogen-bond acceptors (Lipinski definition) is 9. The van der Waals surface area contributed by atoms with Crippen LogP contribution in [0.15, 0.2) is 41.3 Å². The summed E-state index contributed by atoms with van der Waals surface area (Å²) in [6.45, 7) is 2.88. The van der Waals surface area contributed by atoms with Crippen molar-refractivity contribution in [2.45, 2.75) is 44.4 Å². The fraction of sp³-hybridized carbons (Fsp3) is 0.419. The molecule has 3 heterocycles. The number of cyclic esters (lactones) is 1. The van der Waals surface area contributed by atoms with Gasteiger partial charge in [0.1, 0.15) is 23.5 Å². The Balaban J connectivity index is 1.15. The Kier molecular flexibility index (Phi) is 7.66. The van der Waals surface area contributed by atoms with Gasteiger partial charge < -0.3 is 34.5 Å². The van der Waals surface area contributed by atoms with Crippen LogP contribution < -0.4 is 30.4 Å². The smallest absolute Gasteiger partial charge is 0.414 e. The van der Waals surface area contributed by atoms with Crippen LogP contribution in [0.3, 0.4) is 0 Å². The molecule has 2 aromatic carbocycles. The van der Waals surface area contributed by atoms with E-state index in [9.17, 15) is 24.3 Å². The van der Waals surface area contributed by atoms with Gasteiger partial charge in [-0.05, 0) is 50.5 Å². The summed E-state index contributed by atoms with van der Waals surface area (Å²) in [5, 5.41) is 9.88. The normalized spacial score (nSPS) is 20.6. The molecular formula is C31H33FN4O8. The number of fused-ring (bicyclic) bond motifs is 1. The van der Waals surface area contributed by atoms with Gasteiger partial charge in [-0.25, -0.2) is 14.0 Å². The van der Waals surface area contributed by atoms with Crippen molar-refractivity contribution in [2.75, 3.05) is 43.2 Å². The summed E-state index contributed by atoms with van der Waals surface area (Å²) in [4.78, 5) is 52.0. The van der Waals surface area contributed by atoms with Gasteiger partial charge in [0.25, 0.3) is 0 Å². The Morgan fingerprint density at radius 3 is 2.59 bits per heavy atom. The molecule has 1 aromatic heterocycles. The van der Waals surface area contributed by atoms with Gasteiger partial charge in [-0.3, -0.25) is 14.5 Å². The molecule has 3 fully saturated rings. The highest BCUT2D eigenvalue weighted by Gasteiger charge is 2.38. The number of carboxylic acid groups (broad SMARTS) is 1. The van der Waals surface area contributed by atoms with Gasteiger partial charge in [0, 0.05) is 37.3 Å². The van der Waals surface area contributed by atoms with Crippen LogP contribution in [0, 0.1) is 11.7 Å². The first-order chi connectivity index (χ1) is 21.1. The highest BCUT2D eigenvalue weighted by molar-refractivity contribution is 5.97. The van der Waals surface area contributed by atoms with E-state index < -0.39 is 35.5 Å². The van der Waals surface area contributed by atoms with Gasteiger partial charge in [0.2, 0.25) is 5.43 Å². The number of amides is 1. The van der Waals surface area contributed by atoms with E-state index in [2.05, 4.69) is 4.90 Å². The molecule has 2 aliphatic heterocycles. The molecule has 1 amide bonds. The third-order valence-corrected chi connectivity index (χ3v) is 8.53. The molecule has 3 atom stereocenters. The van der Waals surface area contributed by atoms with E-state index in [0.29, 0.717) is 29.7 Å². The van der Waals surface area contributed by atoms with E-state index in [-0.39, 0.29) is 47.9 Å². The van der Waals surface area contributed by atoms with E-state index in [1.807, 2.05) is 4.57 Å². The van der Waals surface area contributed by atoms with Crippen molar-refractivity contribution < 1.29 is 38.1 Å². The lowest BCUT2D eigenvalue weighted by Gasteiger charge is -2.24. The topological polar surface area (TPSA) is 154 Å². The zero-order valence-electron chi connectivity index (χ0n) is 24.3. The van der Waals surface area contributed by atoms with Gasteiger partial charge in [-0.2, -0.15) is 0 Å². The molecule has 3 unspecified atom stereocenters. The number of methoxy groups -OCH3 is 1. The number of aromatic carboxylic acids is 1. The molecule has 232 valence electrons. The van der Waals surface area contributed by atoms with Crippen LogP contribution in [0.25, 0.3) is 10.9 Å². The first-order valence-corrected chi connectivity index (χ1v) is 14.5. The molecule has 44 heavy (non-hydrogen) atoms. The Morgan fingerprint density at radius 2 is 1.93 bits per heavy atom. The largest absolute Gasteiger partial charge is 0.492 e. The van der Waals surface area contributed by atoms with Crippen LogP contribution in [-0.4, -0.2) is 73.0 Å². The number of pyridine rings is 1. The average molecular weight is 609 g/mol. The summed E-state index contributed by atoms with van der Waals surface area (Å²) in [6.07, 6.45) is 2.46. The molecule has 13 heteroatoms. The van der Waals surface area contributed by atoms with Crippen molar-refractivity contribution in [2.24, 2.45) is 11.7 Å². The number of ketones is 1. The number of halogens is 1. The number of nitrogens with zero attached hydrogens (tertiary/aromatic N) is 3. The first-order valence-electron chi connectivity index (χ1n) is 14.5. The van der Waals surface area contributed by atoms with E-state index in [1.54, 1.807) is 18.2 Å². The molecule has 0 spiro atoms. The summed E-state index contributed by atoms with van der Waals surface area (Å²) in [7, 11) is 1.54. The maximum Gasteiger partial charge on any atom is 0.414 e. The molecule has 1 saturated carbocycles. The zero-order valence-corrected chi connectivity index (χ0v) is 24.3. The summed E-state index contributed by atoms with van der Waals surface area (Å²) >= 11 is 0. The lowest BCUT2D eigenvalue weighted by atomic mass is 10.1. The van der Waals surface area contributed by atoms with Gasteiger partial charge in [-0.1, -0.05) is 0 Å². The SMILES string of the molecule is COc1c(N2CCC(COc3ccc(N4CC(C(N)C(C)=O)OC4=O)cc3F)C2)ccc2c(=O)c(C(=O)O)cn(C3CC3)c12. The minimum absolute atomic E-state index is 0.0346. The molecule has 6 rings (SSSR count). The molecule has 12 nitrogen and oxygen atoms in total. The average Bonchev–Trinajstić information content (AvgIpc) is 3.61. The maximum atomic E-state index is 15.0. The highest BCUT2D eigenvalue weighted by Crippen LogP contribution is 2.43. The zero-order chi connectivity index (χ0) is 31.3. The second kappa shape index (κ2) is 11.5. The van der Waals surface area contributed by atoms with Crippen molar-refractivity contribution in [1.82, 2.24) is 4.57 Å². The number of benzene rings is 2. The minimum atomic E-state index is -1.26. The molecule has 2 saturated heterocycles. The van der Waals surface area contributed by atoms with Crippen LogP contribution >= 0.6 is 0 Å². The Hall–Kier alpha value is -4.65. The second-order valence-corrected chi connectivity index (χ2v) is 11.5. The summed E-state index contributed by atoms with van der Waals surface area (Å²) in [5.41, 5.74) is 6.65. The maximum absolute atomic E-state index is 15.0. The standard InChI is InChI=1S/C31H33FN4O8/c1-16(37)26(33)25-14-36(31(41)44-25)19-5-8-24(22(32)11-19)43-15-17-9-10-34(12-17)23-7-6-20-27(29(23)42-2)35(18-3-4-18)13-21(28(20)38)30(39)40/h5-8,11,13,17-18,25-26H,3-4,9-10,12,14-15,33H2,1-2H3,(H,39,40). The molecule has 3 aliphatic rings. The summed E-state index contributed by atoms with van der Waals surface area (Å²) in [5.74, 6) is -1.58. The molecule has 0 radical (unpaired) electrons. The predicted octanol–water partition coefficient (Wildman–Crippen LogP) is 3.33. The number of carbonyl (C=O) groups is 3.